The summed E-state index contributed by atoms with van der Waals surface area (Å²) in [7, 11) is 2.57. The molecule has 0 atom stereocenters. The molecule has 0 saturated heterocycles. The van der Waals surface area contributed by atoms with E-state index in [-0.39, 0.29) is 36.5 Å². The molecule has 0 heterocycles. The highest BCUT2D eigenvalue weighted by Gasteiger charge is 2.14. The fourth-order valence-electron chi connectivity index (χ4n) is 1.70. The molecule has 0 fully saturated rings. The summed E-state index contributed by atoms with van der Waals surface area (Å²) < 4.78 is 19.3. The molecular formula is C17H18O8. The monoisotopic (exact) mass is 350 g/mol. The zero-order valence-electron chi connectivity index (χ0n) is 13.9. The fraction of sp³-hybridized carbons (Fsp3) is 0.294. The molecule has 8 nitrogen and oxygen atoms in total. The van der Waals surface area contributed by atoms with Crippen molar-refractivity contribution in [3.05, 3.63) is 35.9 Å². The van der Waals surface area contributed by atoms with E-state index in [9.17, 15) is 19.2 Å². The molecule has 0 N–H and O–H groups in total. The van der Waals surface area contributed by atoms with Gasteiger partial charge in [-0.2, -0.15) is 0 Å². The molecule has 0 aliphatic carbocycles. The van der Waals surface area contributed by atoms with Crippen LogP contribution >= 0.6 is 0 Å². The Labute approximate surface area is 144 Å². The van der Waals surface area contributed by atoms with E-state index in [1.54, 1.807) is 12.1 Å². The van der Waals surface area contributed by atoms with Crippen molar-refractivity contribution in [1.82, 2.24) is 0 Å². The van der Waals surface area contributed by atoms with Gasteiger partial charge in [0.2, 0.25) is 0 Å². The zero-order chi connectivity index (χ0) is 18.7. The zero-order valence-corrected chi connectivity index (χ0v) is 13.9. The van der Waals surface area contributed by atoms with Crippen LogP contribution in [0.25, 0.3) is 0 Å². The number of carbonyl (C=O) groups is 4. The molecule has 0 aliphatic heterocycles. The summed E-state index contributed by atoms with van der Waals surface area (Å²) in [5.41, 5.74) is 0.187. The minimum absolute atomic E-state index is 0.0358. The SMILES string of the molecule is COC(=O)C=CC(=O)OCCCC(=O)Oc1c(C=O)cccc1OC. The van der Waals surface area contributed by atoms with E-state index in [0.29, 0.717) is 6.29 Å². The van der Waals surface area contributed by atoms with Gasteiger partial charge in [-0.1, -0.05) is 6.07 Å². The molecule has 1 aromatic rings. The van der Waals surface area contributed by atoms with Gasteiger partial charge in [0.25, 0.3) is 0 Å². The Balaban J connectivity index is 2.44. The highest BCUT2D eigenvalue weighted by Crippen LogP contribution is 2.30. The molecule has 0 aromatic heterocycles. The van der Waals surface area contributed by atoms with Crippen LogP contribution in [0.2, 0.25) is 0 Å². The quantitative estimate of drug-likeness (QED) is 0.217. The van der Waals surface area contributed by atoms with E-state index in [1.807, 2.05) is 0 Å². The molecule has 0 amide bonds. The summed E-state index contributed by atoms with van der Waals surface area (Å²) in [6.45, 7) is -0.0358. The number of hydrogen-bond donors (Lipinski definition) is 0. The van der Waals surface area contributed by atoms with Crippen molar-refractivity contribution >= 4 is 24.2 Å². The van der Waals surface area contributed by atoms with E-state index < -0.39 is 17.9 Å². The third kappa shape index (κ3) is 6.86. The third-order valence-corrected chi connectivity index (χ3v) is 2.90. The van der Waals surface area contributed by atoms with Gasteiger partial charge in [0.05, 0.1) is 26.4 Å². The number of esters is 3. The van der Waals surface area contributed by atoms with Gasteiger partial charge in [0.1, 0.15) is 0 Å². The van der Waals surface area contributed by atoms with Crippen LogP contribution in [0, 0.1) is 0 Å². The molecule has 0 saturated carbocycles. The van der Waals surface area contributed by atoms with Gasteiger partial charge < -0.3 is 18.9 Å². The Morgan fingerprint density at radius 3 is 2.44 bits per heavy atom. The van der Waals surface area contributed by atoms with Crippen LogP contribution in [0.4, 0.5) is 0 Å². The first kappa shape index (κ1) is 19.9. The van der Waals surface area contributed by atoms with Gasteiger partial charge in [-0.3, -0.25) is 9.59 Å². The second kappa shape index (κ2) is 10.6. The summed E-state index contributed by atoms with van der Waals surface area (Å²) in [6.07, 6.45) is 2.59. The average molecular weight is 350 g/mol. The van der Waals surface area contributed by atoms with Crippen LogP contribution in [-0.4, -0.2) is 45.0 Å². The van der Waals surface area contributed by atoms with Crippen LogP contribution in [0.15, 0.2) is 30.4 Å². The van der Waals surface area contributed by atoms with Crippen LogP contribution < -0.4 is 9.47 Å². The summed E-state index contributed by atoms with van der Waals surface area (Å²) in [5.74, 6) is -1.70. The minimum atomic E-state index is -0.730. The van der Waals surface area contributed by atoms with Gasteiger partial charge in [0.15, 0.2) is 17.8 Å². The predicted octanol–water partition coefficient (Wildman–Crippen LogP) is 1.47. The molecule has 0 spiro atoms. The molecule has 134 valence electrons. The van der Waals surface area contributed by atoms with Crippen LogP contribution in [0.5, 0.6) is 11.5 Å². The van der Waals surface area contributed by atoms with E-state index in [1.165, 1.54) is 20.3 Å². The average Bonchev–Trinajstić information content (AvgIpc) is 2.63. The fourth-order valence-corrected chi connectivity index (χ4v) is 1.70. The molecule has 0 unspecified atom stereocenters. The van der Waals surface area contributed by atoms with Crippen LogP contribution in [-0.2, 0) is 23.9 Å². The number of ether oxygens (including phenoxy) is 4. The van der Waals surface area contributed by atoms with Gasteiger partial charge in [0, 0.05) is 18.6 Å². The van der Waals surface area contributed by atoms with E-state index in [2.05, 4.69) is 4.74 Å². The Bertz CT molecular complexity index is 663. The second-order valence-electron chi connectivity index (χ2n) is 4.60. The summed E-state index contributed by atoms with van der Waals surface area (Å²) in [5, 5.41) is 0. The van der Waals surface area contributed by atoms with Crippen molar-refractivity contribution in [3.63, 3.8) is 0 Å². The molecule has 1 rings (SSSR count). The molecule has 25 heavy (non-hydrogen) atoms. The number of hydrogen-bond acceptors (Lipinski definition) is 8. The van der Waals surface area contributed by atoms with Crippen molar-refractivity contribution in [2.75, 3.05) is 20.8 Å². The molecule has 8 heteroatoms. The lowest BCUT2D eigenvalue weighted by atomic mass is 10.2. The van der Waals surface area contributed by atoms with Gasteiger partial charge in [-0.05, 0) is 18.6 Å². The van der Waals surface area contributed by atoms with Crippen molar-refractivity contribution in [2.45, 2.75) is 12.8 Å². The number of para-hydroxylation sites is 1. The maximum atomic E-state index is 11.8. The molecule has 0 aliphatic rings. The van der Waals surface area contributed by atoms with Gasteiger partial charge in [-0.15, -0.1) is 0 Å². The molecular weight excluding hydrogens is 332 g/mol. The smallest absolute Gasteiger partial charge is 0.331 e. The lowest BCUT2D eigenvalue weighted by molar-refractivity contribution is -0.140. The third-order valence-electron chi connectivity index (χ3n) is 2.90. The maximum Gasteiger partial charge on any atom is 0.331 e. The van der Waals surface area contributed by atoms with Crippen molar-refractivity contribution in [2.24, 2.45) is 0 Å². The lowest BCUT2D eigenvalue weighted by Gasteiger charge is -2.11. The standard InChI is InChI=1S/C17H18O8/c1-22-13-6-3-5-12(11-18)17(13)25-16(21)7-4-10-24-15(20)9-8-14(19)23-2/h3,5-6,8-9,11H,4,7,10H2,1-2H3. The number of aldehydes is 1. The molecule has 0 radical (unpaired) electrons. The highest BCUT2D eigenvalue weighted by molar-refractivity contribution is 5.91. The highest BCUT2D eigenvalue weighted by atomic mass is 16.6. The summed E-state index contributed by atoms with van der Waals surface area (Å²) in [6, 6.07) is 4.65. The predicted molar refractivity (Wildman–Crippen MR) is 85.4 cm³/mol. The Hall–Kier alpha value is -3.16. The first-order valence-electron chi connectivity index (χ1n) is 7.27. The van der Waals surface area contributed by atoms with E-state index in [4.69, 9.17) is 14.2 Å². The van der Waals surface area contributed by atoms with Crippen molar-refractivity contribution in [3.8, 4) is 11.5 Å². The van der Waals surface area contributed by atoms with Crippen LogP contribution in [0.3, 0.4) is 0 Å². The molecule has 0 bridgehead atoms. The van der Waals surface area contributed by atoms with E-state index in [0.717, 1.165) is 12.2 Å². The number of rotatable bonds is 9. The van der Waals surface area contributed by atoms with Crippen LogP contribution in [0.1, 0.15) is 23.2 Å². The van der Waals surface area contributed by atoms with Crippen molar-refractivity contribution < 1.29 is 38.1 Å². The first-order valence-corrected chi connectivity index (χ1v) is 7.27. The number of benzene rings is 1. The first-order chi connectivity index (χ1) is 12.0. The number of carbonyl (C=O) groups excluding carboxylic acids is 4. The minimum Gasteiger partial charge on any atom is -0.493 e. The summed E-state index contributed by atoms with van der Waals surface area (Å²) >= 11 is 0. The lowest BCUT2D eigenvalue weighted by Crippen LogP contribution is -2.12. The Kier molecular flexibility index (Phi) is 8.42. The Morgan fingerprint density at radius 2 is 1.80 bits per heavy atom. The maximum absolute atomic E-state index is 11.8. The normalized spacial score (nSPS) is 10.2. The number of methoxy groups -OCH3 is 2. The second-order valence-corrected chi connectivity index (χ2v) is 4.60. The summed E-state index contributed by atoms with van der Waals surface area (Å²) in [4.78, 5) is 44.9. The van der Waals surface area contributed by atoms with Gasteiger partial charge >= 0.3 is 17.9 Å². The largest absolute Gasteiger partial charge is 0.493 e. The van der Waals surface area contributed by atoms with E-state index >= 15 is 0 Å². The Morgan fingerprint density at radius 1 is 1.08 bits per heavy atom. The van der Waals surface area contributed by atoms with Crippen molar-refractivity contribution in [1.29, 1.82) is 0 Å². The van der Waals surface area contributed by atoms with Gasteiger partial charge in [-0.25, -0.2) is 9.59 Å². The topological polar surface area (TPSA) is 105 Å². The molecule has 1 aromatic carbocycles.